The van der Waals surface area contributed by atoms with Crippen LogP contribution >= 0.6 is 0 Å². The third kappa shape index (κ3) is 24.9. The molecule has 0 fully saturated rings. The molecule has 0 spiro atoms. The Morgan fingerprint density at radius 2 is 1.60 bits per heavy atom. The van der Waals surface area contributed by atoms with Crippen LogP contribution in [0.3, 0.4) is 0 Å². The van der Waals surface area contributed by atoms with Crippen LogP contribution in [0.2, 0.25) is 0 Å². The fourth-order valence-corrected chi connectivity index (χ4v) is 0.231. The third-order valence-electron chi connectivity index (χ3n) is 0.471. The Kier molecular flexibility index (Phi) is 19.9. The van der Waals surface area contributed by atoms with Crippen molar-refractivity contribution in [3.05, 3.63) is 12.3 Å². The fourth-order valence-electron chi connectivity index (χ4n) is 0.231. The molecule has 0 aromatic carbocycles. The number of aliphatic hydroxyl groups is 2. The molecule has 0 saturated heterocycles. The summed E-state index contributed by atoms with van der Waals surface area (Å²) in [5.41, 5.74) is 1.89. The Hall–Kier alpha value is -0.163. The van der Waals surface area contributed by atoms with Gasteiger partial charge in [0, 0.05) is 10.2 Å². The highest BCUT2D eigenvalue weighted by atomic mass is 28.1. The van der Waals surface area contributed by atoms with E-state index in [9.17, 15) is 0 Å². The van der Waals surface area contributed by atoms with Gasteiger partial charge in [0.1, 0.15) is 0 Å². The Bertz CT molecular complexity index is 55.0. The van der Waals surface area contributed by atoms with Gasteiger partial charge < -0.3 is 14.9 Å². The Balaban J connectivity index is 0. The highest BCUT2D eigenvalue weighted by molar-refractivity contribution is 6.16. The summed E-state index contributed by atoms with van der Waals surface area (Å²) in [6, 6.07) is 0. The van der Waals surface area contributed by atoms with Crippen molar-refractivity contribution in [2.75, 3.05) is 26.4 Å². The van der Waals surface area contributed by atoms with Crippen LogP contribution in [0.5, 0.6) is 0 Å². The van der Waals surface area contributed by atoms with E-state index in [1.807, 2.05) is 5.70 Å². The lowest BCUT2D eigenvalue weighted by atomic mass is 10.7. The van der Waals surface area contributed by atoms with Gasteiger partial charge in [-0.1, -0.05) is 0 Å². The topological polar surface area (TPSA) is 49.7 Å². The minimum Gasteiger partial charge on any atom is -0.394 e. The standard InChI is InChI=1S/C4H10O3.C2H6Si/c5-1-3-7-4-2-6;1-2-3/h5-6H,1-4H2;2H,1H2,3H3. The van der Waals surface area contributed by atoms with E-state index in [0.29, 0.717) is 13.2 Å². The largest absolute Gasteiger partial charge is 0.394 e. The number of aliphatic hydroxyl groups excluding tert-OH is 2. The van der Waals surface area contributed by atoms with Crippen LogP contribution < -0.4 is 0 Å². The van der Waals surface area contributed by atoms with Crippen LogP contribution in [0, 0.1) is 0 Å². The molecule has 4 heteroatoms. The Morgan fingerprint density at radius 3 is 1.80 bits per heavy atom. The normalized spacial score (nSPS) is 8.20. The molecule has 0 unspecified atom stereocenters. The maximum atomic E-state index is 8.09. The molecule has 3 nitrogen and oxygen atoms in total. The van der Waals surface area contributed by atoms with Gasteiger partial charge in [-0.05, 0) is 0 Å². The highest BCUT2D eigenvalue weighted by Crippen LogP contribution is 1.68. The van der Waals surface area contributed by atoms with Gasteiger partial charge in [0.05, 0.1) is 26.4 Å². The summed E-state index contributed by atoms with van der Waals surface area (Å²) in [4.78, 5) is 0. The van der Waals surface area contributed by atoms with Gasteiger partial charge in [-0.15, -0.1) is 12.3 Å². The van der Waals surface area contributed by atoms with Crippen LogP contribution in [0.15, 0.2) is 12.3 Å². The van der Waals surface area contributed by atoms with Crippen LogP contribution in [-0.2, 0) is 4.74 Å². The molecular weight excluding hydrogens is 148 g/mol. The molecule has 0 aliphatic carbocycles. The van der Waals surface area contributed by atoms with Crippen molar-refractivity contribution in [2.24, 2.45) is 0 Å². The minimum absolute atomic E-state index is 0.0278. The van der Waals surface area contributed by atoms with Gasteiger partial charge in [0.15, 0.2) is 0 Å². The number of ether oxygens (including phenoxy) is 1. The predicted molar refractivity (Wildman–Crippen MR) is 45.1 cm³/mol. The summed E-state index contributed by atoms with van der Waals surface area (Å²) in [7, 11) is 1.13. The Labute approximate surface area is 64.8 Å². The van der Waals surface area contributed by atoms with Gasteiger partial charge in [0.2, 0.25) is 0 Å². The van der Waals surface area contributed by atoms with E-state index in [4.69, 9.17) is 10.2 Å². The summed E-state index contributed by atoms with van der Waals surface area (Å²) >= 11 is 0. The third-order valence-corrected chi connectivity index (χ3v) is 0.471. The number of hydrogen-bond donors (Lipinski definition) is 2. The highest BCUT2D eigenvalue weighted by Gasteiger charge is 1.79. The van der Waals surface area contributed by atoms with Crippen molar-refractivity contribution in [2.45, 2.75) is 0 Å². The van der Waals surface area contributed by atoms with Gasteiger partial charge in [0.25, 0.3) is 0 Å². The zero-order chi connectivity index (χ0) is 8.24. The molecule has 0 rings (SSSR count). The molecule has 0 aliphatic heterocycles. The first-order valence-corrected chi connectivity index (χ1v) is 4.35. The SMILES string of the molecule is C=C[SiH3].OCCOCCO. The van der Waals surface area contributed by atoms with Crippen LogP contribution in [0.25, 0.3) is 0 Å². The van der Waals surface area contributed by atoms with Crippen molar-refractivity contribution < 1.29 is 14.9 Å². The summed E-state index contributed by atoms with van der Waals surface area (Å²) in [6.07, 6.45) is 0. The summed E-state index contributed by atoms with van der Waals surface area (Å²) in [5.74, 6) is 0. The van der Waals surface area contributed by atoms with Crippen molar-refractivity contribution in [3.63, 3.8) is 0 Å². The van der Waals surface area contributed by atoms with Crippen LogP contribution in [0.4, 0.5) is 0 Å². The summed E-state index contributed by atoms with van der Waals surface area (Å²) in [6.45, 7) is 4.12. The second kappa shape index (κ2) is 15.9. The second-order valence-electron chi connectivity index (χ2n) is 1.47. The van der Waals surface area contributed by atoms with Crippen LogP contribution in [-0.4, -0.2) is 46.9 Å². The smallest absolute Gasteiger partial charge is 0.0698 e. The average Bonchev–Trinajstić information content (AvgIpc) is 1.91. The van der Waals surface area contributed by atoms with E-state index < -0.39 is 0 Å². The molecule has 0 heterocycles. The van der Waals surface area contributed by atoms with Gasteiger partial charge in [-0.25, -0.2) is 0 Å². The van der Waals surface area contributed by atoms with Crippen molar-refractivity contribution >= 4 is 10.2 Å². The van der Waals surface area contributed by atoms with E-state index in [0.717, 1.165) is 10.2 Å². The lowest BCUT2D eigenvalue weighted by Gasteiger charge is -1.94. The molecular formula is C6H16O3Si. The van der Waals surface area contributed by atoms with Gasteiger partial charge in [-0.3, -0.25) is 0 Å². The molecule has 0 atom stereocenters. The molecule has 2 N–H and O–H groups in total. The lowest BCUT2D eigenvalue weighted by molar-refractivity contribution is 0.0650. The minimum atomic E-state index is 0.0278. The van der Waals surface area contributed by atoms with Gasteiger partial charge in [-0.2, -0.15) is 0 Å². The fraction of sp³-hybridized carbons (Fsp3) is 0.667. The first-order valence-electron chi connectivity index (χ1n) is 3.20. The molecule has 62 valence electrons. The second-order valence-corrected chi connectivity index (χ2v) is 2.28. The Morgan fingerprint density at radius 1 is 1.30 bits per heavy atom. The molecule has 0 amide bonds. The molecule has 0 saturated carbocycles. The zero-order valence-corrected chi connectivity index (χ0v) is 8.42. The summed E-state index contributed by atoms with van der Waals surface area (Å²) in [5, 5.41) is 16.2. The van der Waals surface area contributed by atoms with Crippen molar-refractivity contribution in [1.82, 2.24) is 0 Å². The number of hydrogen-bond acceptors (Lipinski definition) is 3. The van der Waals surface area contributed by atoms with Crippen molar-refractivity contribution in [3.8, 4) is 0 Å². The molecule has 10 heavy (non-hydrogen) atoms. The number of rotatable bonds is 4. The maximum absolute atomic E-state index is 8.09. The lowest BCUT2D eigenvalue weighted by Crippen LogP contribution is -2.03. The molecule has 0 radical (unpaired) electrons. The average molecular weight is 164 g/mol. The molecule has 0 bridgehead atoms. The van der Waals surface area contributed by atoms with E-state index in [-0.39, 0.29) is 13.2 Å². The predicted octanol–water partition coefficient (Wildman–Crippen LogP) is -1.52. The zero-order valence-electron chi connectivity index (χ0n) is 6.42. The van der Waals surface area contributed by atoms with E-state index >= 15 is 0 Å². The van der Waals surface area contributed by atoms with Crippen LogP contribution in [0.1, 0.15) is 0 Å². The van der Waals surface area contributed by atoms with E-state index in [2.05, 4.69) is 11.3 Å². The molecule has 0 aliphatic rings. The quantitative estimate of drug-likeness (QED) is 0.392. The summed E-state index contributed by atoms with van der Waals surface area (Å²) < 4.78 is 4.63. The molecule has 0 aromatic rings. The molecule has 0 aromatic heterocycles. The van der Waals surface area contributed by atoms with E-state index in [1.165, 1.54) is 0 Å². The van der Waals surface area contributed by atoms with Crippen molar-refractivity contribution in [1.29, 1.82) is 0 Å². The van der Waals surface area contributed by atoms with Gasteiger partial charge >= 0.3 is 0 Å². The van der Waals surface area contributed by atoms with E-state index in [1.54, 1.807) is 0 Å². The monoisotopic (exact) mass is 164 g/mol. The maximum Gasteiger partial charge on any atom is 0.0698 e. The first kappa shape index (κ1) is 12.5. The first-order chi connectivity index (χ1) is 4.83.